The Morgan fingerprint density at radius 1 is 1.21 bits per heavy atom. The van der Waals surface area contributed by atoms with E-state index in [1.807, 2.05) is 18.2 Å². The summed E-state index contributed by atoms with van der Waals surface area (Å²) in [5, 5.41) is 7.35. The molecule has 0 fully saturated rings. The lowest BCUT2D eigenvalue weighted by molar-refractivity contribution is 0.313. The molecule has 0 amide bonds. The SMILES string of the molecule is COc1nc2nonc2nc1Cc1cccc(I)c1. The second kappa shape index (κ2) is 5.08. The third-order valence-corrected chi connectivity index (χ3v) is 3.27. The number of aromatic nitrogens is 4. The molecular formula is C12H9IN4O2. The van der Waals surface area contributed by atoms with Crippen LogP contribution in [-0.2, 0) is 6.42 Å². The Morgan fingerprint density at radius 2 is 2.00 bits per heavy atom. The van der Waals surface area contributed by atoms with Crippen molar-refractivity contribution < 1.29 is 9.37 Å². The summed E-state index contributed by atoms with van der Waals surface area (Å²) in [5.74, 6) is 0.446. The second-order valence-corrected chi connectivity index (χ2v) is 5.14. The van der Waals surface area contributed by atoms with Crippen molar-refractivity contribution in [2.24, 2.45) is 0 Å². The molecule has 0 unspecified atom stereocenters. The molecule has 1 aromatic carbocycles. The van der Waals surface area contributed by atoms with Gasteiger partial charge in [0, 0.05) is 9.99 Å². The van der Waals surface area contributed by atoms with E-state index in [0.717, 1.165) is 5.56 Å². The van der Waals surface area contributed by atoms with E-state index in [0.29, 0.717) is 29.3 Å². The van der Waals surface area contributed by atoms with Gasteiger partial charge in [-0.25, -0.2) is 9.61 Å². The molecule has 7 heteroatoms. The summed E-state index contributed by atoms with van der Waals surface area (Å²) in [6.45, 7) is 0. The van der Waals surface area contributed by atoms with Gasteiger partial charge in [0.15, 0.2) is 0 Å². The summed E-state index contributed by atoms with van der Waals surface area (Å²) in [5.41, 5.74) is 2.59. The monoisotopic (exact) mass is 368 g/mol. The lowest BCUT2D eigenvalue weighted by Gasteiger charge is -2.06. The van der Waals surface area contributed by atoms with E-state index in [2.05, 4.69) is 53.6 Å². The molecule has 0 saturated carbocycles. The normalized spacial score (nSPS) is 10.8. The lowest BCUT2D eigenvalue weighted by Crippen LogP contribution is -2.01. The molecule has 0 atom stereocenters. The highest BCUT2D eigenvalue weighted by molar-refractivity contribution is 14.1. The van der Waals surface area contributed by atoms with Crippen LogP contribution in [0.3, 0.4) is 0 Å². The highest BCUT2D eigenvalue weighted by atomic mass is 127. The molecule has 3 aromatic rings. The van der Waals surface area contributed by atoms with Crippen LogP contribution in [0.25, 0.3) is 11.3 Å². The fraction of sp³-hybridized carbons (Fsp3) is 0.167. The third kappa shape index (κ3) is 2.50. The van der Waals surface area contributed by atoms with Crippen LogP contribution in [0.15, 0.2) is 28.9 Å². The largest absolute Gasteiger partial charge is 0.480 e. The van der Waals surface area contributed by atoms with Crippen LogP contribution in [0.2, 0.25) is 0 Å². The van der Waals surface area contributed by atoms with Gasteiger partial charge in [0.1, 0.15) is 5.69 Å². The first kappa shape index (κ1) is 12.3. The molecule has 0 bridgehead atoms. The zero-order valence-electron chi connectivity index (χ0n) is 10.00. The second-order valence-electron chi connectivity index (χ2n) is 3.90. The number of rotatable bonds is 3. The Bertz CT molecular complexity index is 729. The van der Waals surface area contributed by atoms with E-state index in [1.54, 1.807) is 7.11 Å². The van der Waals surface area contributed by atoms with Gasteiger partial charge in [-0.15, -0.1) is 0 Å². The number of fused-ring (bicyclic) bond motifs is 1. The topological polar surface area (TPSA) is 73.9 Å². The summed E-state index contributed by atoms with van der Waals surface area (Å²) in [7, 11) is 1.56. The van der Waals surface area contributed by atoms with Gasteiger partial charge in [0.2, 0.25) is 17.2 Å². The first-order chi connectivity index (χ1) is 9.26. The number of halogens is 1. The van der Waals surface area contributed by atoms with Gasteiger partial charge in [-0.05, 0) is 50.6 Å². The van der Waals surface area contributed by atoms with Crippen LogP contribution >= 0.6 is 22.6 Å². The molecule has 2 heterocycles. The van der Waals surface area contributed by atoms with Crippen molar-refractivity contribution in [1.82, 2.24) is 20.3 Å². The average Bonchev–Trinajstić information content (AvgIpc) is 2.85. The maximum Gasteiger partial charge on any atom is 0.246 e. The minimum atomic E-state index is 0.350. The molecule has 0 radical (unpaired) electrons. The van der Waals surface area contributed by atoms with Gasteiger partial charge in [-0.3, -0.25) is 0 Å². The Hall–Kier alpha value is -1.77. The number of hydrogen-bond donors (Lipinski definition) is 0. The number of hydrogen-bond acceptors (Lipinski definition) is 6. The standard InChI is InChI=1S/C12H9IN4O2/c1-18-12-9(6-7-3-2-4-8(13)5-7)14-10-11(15-12)17-19-16-10/h2-5H,6H2,1H3. The van der Waals surface area contributed by atoms with Crippen LogP contribution in [-0.4, -0.2) is 27.4 Å². The summed E-state index contributed by atoms with van der Waals surface area (Å²) in [6.07, 6.45) is 0.621. The predicted molar refractivity (Wildman–Crippen MR) is 75.9 cm³/mol. The van der Waals surface area contributed by atoms with Gasteiger partial charge < -0.3 is 4.74 Å². The number of methoxy groups -OCH3 is 1. The van der Waals surface area contributed by atoms with Gasteiger partial charge >= 0.3 is 0 Å². The molecule has 0 aliphatic carbocycles. The smallest absolute Gasteiger partial charge is 0.246 e. The van der Waals surface area contributed by atoms with E-state index < -0.39 is 0 Å². The number of nitrogens with zero attached hydrogens (tertiary/aromatic N) is 4. The maximum atomic E-state index is 5.24. The fourth-order valence-corrected chi connectivity index (χ4v) is 2.38. The Kier molecular flexibility index (Phi) is 3.28. The van der Waals surface area contributed by atoms with E-state index in [9.17, 15) is 0 Å². The van der Waals surface area contributed by atoms with Crippen LogP contribution in [0, 0.1) is 3.57 Å². The Labute approximate surface area is 122 Å². The molecule has 0 saturated heterocycles. The van der Waals surface area contributed by atoms with Gasteiger partial charge in [-0.2, -0.15) is 4.98 Å². The quantitative estimate of drug-likeness (QED) is 0.660. The van der Waals surface area contributed by atoms with Crippen LogP contribution < -0.4 is 4.74 Å². The van der Waals surface area contributed by atoms with Crippen molar-refractivity contribution in [3.63, 3.8) is 0 Å². The van der Waals surface area contributed by atoms with Crippen molar-refractivity contribution >= 4 is 33.9 Å². The Balaban J connectivity index is 2.03. The maximum absolute atomic E-state index is 5.24. The molecule has 6 nitrogen and oxygen atoms in total. The zero-order valence-corrected chi connectivity index (χ0v) is 12.2. The molecular weight excluding hydrogens is 359 g/mol. The summed E-state index contributed by atoms with van der Waals surface area (Å²) < 4.78 is 11.0. The van der Waals surface area contributed by atoms with Gasteiger partial charge in [-0.1, -0.05) is 12.1 Å². The third-order valence-electron chi connectivity index (χ3n) is 2.60. The van der Waals surface area contributed by atoms with Crippen LogP contribution in [0.5, 0.6) is 5.88 Å². The van der Waals surface area contributed by atoms with Crippen molar-refractivity contribution in [1.29, 1.82) is 0 Å². The van der Waals surface area contributed by atoms with E-state index >= 15 is 0 Å². The van der Waals surface area contributed by atoms with Crippen LogP contribution in [0.4, 0.5) is 0 Å². The number of benzene rings is 1. The van der Waals surface area contributed by atoms with E-state index in [4.69, 9.17) is 4.74 Å². The molecule has 2 aromatic heterocycles. The van der Waals surface area contributed by atoms with E-state index in [-0.39, 0.29) is 0 Å². The average molecular weight is 368 g/mol. The molecule has 0 N–H and O–H groups in total. The van der Waals surface area contributed by atoms with Crippen molar-refractivity contribution in [2.75, 3.05) is 7.11 Å². The highest BCUT2D eigenvalue weighted by Crippen LogP contribution is 2.20. The number of ether oxygens (including phenoxy) is 1. The summed E-state index contributed by atoms with van der Waals surface area (Å²) in [4.78, 5) is 8.59. The highest BCUT2D eigenvalue weighted by Gasteiger charge is 2.13. The van der Waals surface area contributed by atoms with Crippen LogP contribution in [0.1, 0.15) is 11.3 Å². The molecule has 19 heavy (non-hydrogen) atoms. The molecule has 0 aliphatic rings. The molecule has 3 rings (SSSR count). The molecule has 0 spiro atoms. The van der Waals surface area contributed by atoms with Crippen molar-refractivity contribution in [2.45, 2.75) is 6.42 Å². The first-order valence-corrected chi connectivity index (χ1v) is 6.62. The summed E-state index contributed by atoms with van der Waals surface area (Å²) >= 11 is 2.27. The minimum Gasteiger partial charge on any atom is -0.480 e. The molecule has 0 aliphatic heterocycles. The van der Waals surface area contributed by atoms with Crippen molar-refractivity contribution in [3.8, 4) is 5.88 Å². The first-order valence-electron chi connectivity index (χ1n) is 5.54. The Morgan fingerprint density at radius 3 is 2.74 bits per heavy atom. The van der Waals surface area contributed by atoms with Crippen molar-refractivity contribution in [3.05, 3.63) is 39.1 Å². The summed E-state index contributed by atoms with van der Waals surface area (Å²) in [6, 6.07) is 8.17. The zero-order chi connectivity index (χ0) is 13.2. The van der Waals surface area contributed by atoms with E-state index in [1.165, 1.54) is 3.57 Å². The lowest BCUT2D eigenvalue weighted by atomic mass is 10.1. The predicted octanol–water partition coefficient (Wildman–Crippen LogP) is 2.22. The minimum absolute atomic E-state index is 0.350. The fourth-order valence-electron chi connectivity index (χ4n) is 1.78. The van der Waals surface area contributed by atoms with Gasteiger partial charge in [0.25, 0.3) is 0 Å². The van der Waals surface area contributed by atoms with Gasteiger partial charge in [0.05, 0.1) is 7.11 Å². The molecule has 96 valence electrons.